The normalized spacial score (nSPS) is 31.7. The zero-order valence-electron chi connectivity index (χ0n) is 27.1. The van der Waals surface area contributed by atoms with Gasteiger partial charge in [-0.1, -0.05) is 70.9 Å². The van der Waals surface area contributed by atoms with Crippen molar-refractivity contribution in [2.45, 2.75) is 130 Å². The molecule has 3 fully saturated rings. The van der Waals surface area contributed by atoms with Crippen molar-refractivity contribution in [2.75, 3.05) is 13.2 Å². The zero-order chi connectivity index (χ0) is 31.1. The Morgan fingerprint density at radius 2 is 1.79 bits per heavy atom. The molecule has 0 radical (unpaired) electrons. The van der Waals surface area contributed by atoms with Crippen LogP contribution in [0.4, 0.5) is 0 Å². The van der Waals surface area contributed by atoms with E-state index in [2.05, 4.69) is 32.6 Å². The van der Waals surface area contributed by atoms with Crippen molar-refractivity contribution >= 4 is 13.4 Å². The standard InChI is InChI=1S/C35H57O6P/c1-8-10-21-40-42(39,41-22-11-9-2)34(5,6)33(38)19-14-25(3)30-17-18-31-27(13-12-20-35(30,31)7)15-16-28-23-29(36)24-32(37)26(28)4/h14-16,19,25,29-32,36-37H,4,8-13,17-18,20-24H2,1-3,5-7H3/t25-,29-,30-,31?,32+,35-/m1/s1. The molecule has 238 valence electrons. The van der Waals surface area contributed by atoms with Crippen LogP contribution in [0.1, 0.15) is 112 Å². The van der Waals surface area contributed by atoms with E-state index in [-0.39, 0.29) is 17.1 Å². The third-order valence-corrected chi connectivity index (χ3v) is 12.9. The highest BCUT2D eigenvalue weighted by molar-refractivity contribution is 7.56. The summed E-state index contributed by atoms with van der Waals surface area (Å²) < 4.78 is 25.5. The summed E-state index contributed by atoms with van der Waals surface area (Å²) >= 11 is 0. The summed E-state index contributed by atoms with van der Waals surface area (Å²) in [6.07, 6.45) is 16.6. The molecule has 0 aromatic rings. The first-order valence-corrected chi connectivity index (χ1v) is 17.9. The van der Waals surface area contributed by atoms with Gasteiger partial charge in [0.25, 0.3) is 0 Å². The summed E-state index contributed by atoms with van der Waals surface area (Å²) in [5.74, 6) is 0.898. The van der Waals surface area contributed by atoms with Crippen LogP contribution in [-0.4, -0.2) is 46.6 Å². The number of hydrogen-bond acceptors (Lipinski definition) is 6. The van der Waals surface area contributed by atoms with Crippen LogP contribution in [0.25, 0.3) is 0 Å². The minimum Gasteiger partial charge on any atom is -0.393 e. The predicted molar refractivity (Wildman–Crippen MR) is 171 cm³/mol. The van der Waals surface area contributed by atoms with Crippen molar-refractivity contribution in [3.05, 3.63) is 47.6 Å². The lowest BCUT2D eigenvalue weighted by molar-refractivity contribution is -0.116. The molecule has 3 saturated carbocycles. The second kappa shape index (κ2) is 15.1. The van der Waals surface area contributed by atoms with E-state index >= 15 is 0 Å². The highest BCUT2D eigenvalue weighted by Gasteiger charge is 2.51. The summed E-state index contributed by atoms with van der Waals surface area (Å²) in [6, 6.07) is 0. The van der Waals surface area contributed by atoms with Crippen LogP contribution in [-0.2, 0) is 18.4 Å². The second-order valence-electron chi connectivity index (χ2n) is 13.7. The molecule has 6 nitrogen and oxygen atoms in total. The zero-order valence-corrected chi connectivity index (χ0v) is 28.0. The molecular weight excluding hydrogens is 547 g/mol. The Balaban J connectivity index is 1.74. The van der Waals surface area contributed by atoms with Crippen molar-refractivity contribution in [1.29, 1.82) is 0 Å². The van der Waals surface area contributed by atoms with E-state index in [4.69, 9.17) is 9.05 Å². The van der Waals surface area contributed by atoms with Crippen LogP contribution in [0.2, 0.25) is 0 Å². The van der Waals surface area contributed by atoms with Crippen molar-refractivity contribution in [2.24, 2.45) is 23.2 Å². The van der Waals surface area contributed by atoms with Gasteiger partial charge in [0.15, 0.2) is 5.78 Å². The molecule has 0 aromatic carbocycles. The average molecular weight is 605 g/mol. The van der Waals surface area contributed by atoms with E-state index in [0.717, 1.165) is 68.9 Å². The Labute approximate surface area is 255 Å². The van der Waals surface area contributed by atoms with Crippen LogP contribution >= 0.6 is 7.60 Å². The third-order valence-electron chi connectivity index (χ3n) is 10.3. The van der Waals surface area contributed by atoms with Crippen molar-refractivity contribution < 1.29 is 28.6 Å². The van der Waals surface area contributed by atoms with Crippen LogP contribution in [0, 0.1) is 23.2 Å². The molecular formula is C35H57O6P. The first-order valence-electron chi connectivity index (χ1n) is 16.4. The summed E-state index contributed by atoms with van der Waals surface area (Å²) in [7, 11) is -3.65. The highest BCUT2D eigenvalue weighted by atomic mass is 31.2. The van der Waals surface area contributed by atoms with E-state index in [1.807, 2.05) is 19.9 Å². The molecule has 42 heavy (non-hydrogen) atoms. The maximum atomic E-state index is 13.9. The van der Waals surface area contributed by atoms with Gasteiger partial charge in [-0.2, -0.15) is 0 Å². The SMILES string of the molecule is C=C1C(=CC=C2CCC[C@@]3(C)C2CC[C@@H]3[C@H](C)C=CC(=O)C(C)(C)P(=O)(OCCCC)OCCCC)C[C@@H](O)C[C@@H]1O. The molecule has 0 heterocycles. The summed E-state index contributed by atoms with van der Waals surface area (Å²) in [4.78, 5) is 13.5. The molecule has 3 rings (SSSR count). The Morgan fingerprint density at radius 1 is 1.14 bits per heavy atom. The third kappa shape index (κ3) is 7.85. The van der Waals surface area contributed by atoms with Crippen molar-refractivity contribution in [3.8, 4) is 0 Å². The van der Waals surface area contributed by atoms with Crippen molar-refractivity contribution in [3.63, 3.8) is 0 Å². The lowest BCUT2D eigenvalue weighted by Crippen LogP contribution is -2.36. The second-order valence-corrected chi connectivity index (χ2v) is 16.3. The number of unbranched alkanes of at least 4 members (excludes halogenated alkanes) is 2. The first kappa shape index (κ1) is 35.2. The van der Waals surface area contributed by atoms with E-state index in [9.17, 15) is 19.6 Å². The molecule has 0 spiro atoms. The number of rotatable bonds is 14. The van der Waals surface area contributed by atoms with Gasteiger partial charge in [-0.3, -0.25) is 9.36 Å². The minimum atomic E-state index is -3.65. The molecule has 2 N–H and O–H groups in total. The predicted octanol–water partition coefficient (Wildman–Crippen LogP) is 8.49. The van der Waals surface area contributed by atoms with Gasteiger partial charge >= 0.3 is 7.60 Å². The van der Waals surface area contributed by atoms with Gasteiger partial charge in [0.2, 0.25) is 0 Å². The molecule has 0 amide bonds. The Kier molecular flexibility index (Phi) is 12.7. The topological polar surface area (TPSA) is 93.1 Å². The van der Waals surface area contributed by atoms with Crippen LogP contribution in [0.3, 0.4) is 0 Å². The lowest BCUT2D eigenvalue weighted by atomic mass is 9.61. The number of hydrogen-bond donors (Lipinski definition) is 2. The smallest absolute Gasteiger partial charge is 0.343 e. The largest absolute Gasteiger partial charge is 0.393 e. The number of ketones is 1. The van der Waals surface area contributed by atoms with Gasteiger partial charge in [-0.25, -0.2) is 0 Å². The molecule has 0 aromatic heterocycles. The quantitative estimate of drug-likeness (QED) is 0.117. The Hall–Kier alpha value is -1.30. The summed E-state index contributed by atoms with van der Waals surface area (Å²) in [5, 5.41) is 19.1. The number of allylic oxidation sites excluding steroid dienone is 5. The number of fused-ring (bicyclic) bond motifs is 1. The number of carbonyl (C=O) groups is 1. The molecule has 3 aliphatic rings. The molecule has 3 aliphatic carbocycles. The molecule has 0 bridgehead atoms. The van der Waals surface area contributed by atoms with E-state index < -0.39 is 25.0 Å². The number of aliphatic hydroxyl groups excluding tert-OH is 2. The fourth-order valence-electron chi connectivity index (χ4n) is 7.34. The monoisotopic (exact) mass is 604 g/mol. The Morgan fingerprint density at radius 3 is 2.40 bits per heavy atom. The Bertz CT molecular complexity index is 1070. The van der Waals surface area contributed by atoms with Crippen LogP contribution < -0.4 is 0 Å². The van der Waals surface area contributed by atoms with E-state index in [1.54, 1.807) is 19.9 Å². The van der Waals surface area contributed by atoms with E-state index in [1.165, 1.54) is 5.57 Å². The van der Waals surface area contributed by atoms with Gasteiger partial charge in [-0.05, 0) is 106 Å². The molecule has 7 heteroatoms. The molecule has 6 atom stereocenters. The maximum absolute atomic E-state index is 13.9. The molecule has 0 saturated heterocycles. The average Bonchev–Trinajstić information content (AvgIpc) is 3.30. The summed E-state index contributed by atoms with van der Waals surface area (Å²) in [6.45, 7) is 16.8. The fourth-order valence-corrected chi connectivity index (χ4v) is 9.14. The lowest BCUT2D eigenvalue weighted by Gasteiger charge is -2.44. The number of aliphatic hydroxyl groups is 2. The maximum Gasteiger partial charge on any atom is 0.343 e. The number of carbonyl (C=O) groups excluding carboxylic acids is 1. The van der Waals surface area contributed by atoms with Gasteiger partial charge in [0.05, 0.1) is 25.4 Å². The van der Waals surface area contributed by atoms with Crippen LogP contribution in [0.5, 0.6) is 0 Å². The van der Waals surface area contributed by atoms with Gasteiger partial charge in [0.1, 0.15) is 5.16 Å². The molecule has 0 aliphatic heterocycles. The fraction of sp³-hybridized carbons (Fsp3) is 0.743. The first-order chi connectivity index (χ1) is 19.8. The van der Waals surface area contributed by atoms with Crippen LogP contribution in [0.15, 0.2) is 47.6 Å². The van der Waals surface area contributed by atoms with Crippen molar-refractivity contribution in [1.82, 2.24) is 0 Å². The van der Waals surface area contributed by atoms with Gasteiger partial charge in [0, 0.05) is 6.42 Å². The highest BCUT2D eigenvalue weighted by Crippen LogP contribution is 2.61. The van der Waals surface area contributed by atoms with E-state index in [0.29, 0.717) is 37.9 Å². The summed E-state index contributed by atoms with van der Waals surface area (Å²) in [5.41, 5.74) is 3.25. The molecule has 1 unspecified atom stereocenters. The minimum absolute atomic E-state index is 0.134. The van der Waals surface area contributed by atoms with Gasteiger partial charge < -0.3 is 19.3 Å². The van der Waals surface area contributed by atoms with Gasteiger partial charge in [-0.15, -0.1) is 0 Å².